The minimum Gasteiger partial charge on any atom is -0.498 e. The fourth-order valence-corrected chi connectivity index (χ4v) is 6.42. The van der Waals surface area contributed by atoms with E-state index < -0.39 is 0 Å². The van der Waals surface area contributed by atoms with Gasteiger partial charge >= 0.3 is 0 Å². The van der Waals surface area contributed by atoms with Gasteiger partial charge in [0.25, 0.3) is 0 Å². The summed E-state index contributed by atoms with van der Waals surface area (Å²) in [6.07, 6.45) is 13.7. The van der Waals surface area contributed by atoms with Crippen LogP contribution in [0.25, 0.3) is 0 Å². The number of carbonyl (C=O) groups is 1. The monoisotopic (exact) mass is 328 g/mol. The van der Waals surface area contributed by atoms with Gasteiger partial charge in [-0.1, -0.05) is 26.8 Å². The van der Waals surface area contributed by atoms with E-state index in [0.29, 0.717) is 17.1 Å². The lowest BCUT2D eigenvalue weighted by Gasteiger charge is -2.55. The van der Waals surface area contributed by atoms with Gasteiger partial charge in [0.1, 0.15) is 5.78 Å². The summed E-state index contributed by atoms with van der Waals surface area (Å²) < 4.78 is 5.94. The molecule has 2 nitrogen and oxygen atoms in total. The molecule has 0 amide bonds. The standard InChI is InChI=1S/C22H32O2/c1-4-13-24-16-9-11-21(2)15(14-16)5-6-17-18-7-8-20(23)22(18,3)12-10-19(17)21/h5,14,17-19H,4,6-13H2,1-3H3/t17-,18-,19-,21-,22-/m0/s1. The molecular weight excluding hydrogens is 296 g/mol. The Morgan fingerprint density at radius 1 is 1.12 bits per heavy atom. The summed E-state index contributed by atoms with van der Waals surface area (Å²) in [5.74, 6) is 3.83. The Balaban J connectivity index is 1.62. The zero-order chi connectivity index (χ0) is 16.9. The number of ether oxygens (including phenoxy) is 1. The van der Waals surface area contributed by atoms with Crippen LogP contribution in [0.15, 0.2) is 23.5 Å². The van der Waals surface area contributed by atoms with E-state index in [1.165, 1.54) is 30.6 Å². The van der Waals surface area contributed by atoms with Crippen LogP contribution >= 0.6 is 0 Å². The summed E-state index contributed by atoms with van der Waals surface area (Å²) in [5, 5.41) is 0. The first-order valence-corrected chi connectivity index (χ1v) is 10.1. The van der Waals surface area contributed by atoms with Crippen molar-refractivity contribution < 1.29 is 9.53 Å². The lowest BCUT2D eigenvalue weighted by Crippen LogP contribution is -2.49. The molecule has 0 spiro atoms. The maximum absolute atomic E-state index is 12.5. The third-order valence-electron chi connectivity index (χ3n) is 7.93. The van der Waals surface area contributed by atoms with Gasteiger partial charge in [-0.15, -0.1) is 0 Å². The Labute approximate surface area is 146 Å². The Morgan fingerprint density at radius 2 is 1.92 bits per heavy atom. The summed E-state index contributed by atoms with van der Waals surface area (Å²) in [7, 11) is 0. The zero-order valence-corrected chi connectivity index (χ0v) is 15.6. The Hall–Kier alpha value is -1.05. The fourth-order valence-electron chi connectivity index (χ4n) is 6.42. The van der Waals surface area contributed by atoms with E-state index in [2.05, 4.69) is 32.9 Å². The summed E-state index contributed by atoms with van der Waals surface area (Å²) in [5.41, 5.74) is 1.81. The predicted molar refractivity (Wildman–Crippen MR) is 96.4 cm³/mol. The van der Waals surface area contributed by atoms with Gasteiger partial charge in [-0.05, 0) is 73.3 Å². The minimum absolute atomic E-state index is 0.0111. The molecule has 132 valence electrons. The Morgan fingerprint density at radius 3 is 2.71 bits per heavy atom. The maximum atomic E-state index is 12.5. The van der Waals surface area contributed by atoms with Crippen molar-refractivity contribution in [2.75, 3.05) is 6.61 Å². The molecule has 0 bridgehead atoms. The molecule has 0 aromatic rings. The van der Waals surface area contributed by atoms with E-state index >= 15 is 0 Å². The molecule has 0 unspecified atom stereocenters. The van der Waals surface area contributed by atoms with E-state index in [4.69, 9.17) is 4.74 Å². The molecule has 0 aromatic heterocycles. The number of hydrogen-bond acceptors (Lipinski definition) is 2. The second-order valence-corrected chi connectivity index (χ2v) is 9.07. The molecule has 0 aromatic carbocycles. The third-order valence-corrected chi connectivity index (χ3v) is 7.93. The van der Waals surface area contributed by atoms with Gasteiger partial charge < -0.3 is 4.74 Å². The third kappa shape index (κ3) is 2.24. The highest BCUT2D eigenvalue weighted by Crippen LogP contribution is 2.63. The van der Waals surface area contributed by atoms with Crippen LogP contribution in [0.3, 0.4) is 0 Å². The molecular formula is C22H32O2. The molecule has 2 saturated carbocycles. The maximum Gasteiger partial charge on any atom is 0.139 e. The van der Waals surface area contributed by atoms with Crippen molar-refractivity contribution in [3.05, 3.63) is 23.5 Å². The van der Waals surface area contributed by atoms with Crippen molar-refractivity contribution in [3.63, 3.8) is 0 Å². The molecule has 4 rings (SSSR count). The van der Waals surface area contributed by atoms with Crippen molar-refractivity contribution in [1.82, 2.24) is 0 Å². The number of fused-ring (bicyclic) bond motifs is 5. The molecule has 2 heteroatoms. The topological polar surface area (TPSA) is 26.3 Å². The number of ketones is 1. The van der Waals surface area contributed by atoms with Crippen LogP contribution in [0, 0.1) is 28.6 Å². The molecule has 24 heavy (non-hydrogen) atoms. The number of carbonyl (C=O) groups excluding carboxylic acids is 1. The molecule has 0 heterocycles. The molecule has 0 aliphatic heterocycles. The van der Waals surface area contributed by atoms with Crippen molar-refractivity contribution in [2.45, 2.75) is 72.1 Å². The second-order valence-electron chi connectivity index (χ2n) is 9.07. The molecule has 5 atom stereocenters. The molecule has 0 N–H and O–H groups in total. The summed E-state index contributed by atoms with van der Waals surface area (Å²) in [6.45, 7) is 7.76. The first-order chi connectivity index (χ1) is 11.5. The van der Waals surface area contributed by atoms with E-state index in [1.54, 1.807) is 0 Å². The van der Waals surface area contributed by atoms with E-state index in [0.717, 1.165) is 50.5 Å². The highest BCUT2D eigenvalue weighted by atomic mass is 16.5. The molecule has 4 aliphatic rings. The van der Waals surface area contributed by atoms with Crippen LogP contribution in [-0.4, -0.2) is 12.4 Å². The van der Waals surface area contributed by atoms with Crippen molar-refractivity contribution in [2.24, 2.45) is 28.6 Å². The average molecular weight is 328 g/mol. The second kappa shape index (κ2) is 5.75. The fraction of sp³-hybridized carbons (Fsp3) is 0.773. The van der Waals surface area contributed by atoms with Gasteiger partial charge in [-0.25, -0.2) is 0 Å². The molecule has 0 saturated heterocycles. The number of Topliss-reactive ketones (excluding diaryl/α,β-unsaturated/α-hetero) is 1. The first-order valence-electron chi connectivity index (χ1n) is 10.1. The minimum atomic E-state index is -0.0111. The number of rotatable bonds is 3. The number of allylic oxidation sites excluding steroid dienone is 4. The lowest BCUT2D eigenvalue weighted by atomic mass is 9.49. The highest BCUT2D eigenvalue weighted by Gasteiger charge is 2.58. The van der Waals surface area contributed by atoms with E-state index in [9.17, 15) is 4.79 Å². The summed E-state index contributed by atoms with van der Waals surface area (Å²) >= 11 is 0. The van der Waals surface area contributed by atoms with Gasteiger partial charge in [-0.2, -0.15) is 0 Å². The van der Waals surface area contributed by atoms with E-state index in [-0.39, 0.29) is 5.41 Å². The van der Waals surface area contributed by atoms with Crippen LogP contribution in [0.1, 0.15) is 72.1 Å². The van der Waals surface area contributed by atoms with E-state index in [1.807, 2.05) is 0 Å². The molecule has 4 aliphatic carbocycles. The molecule has 0 radical (unpaired) electrons. The number of hydrogen-bond donors (Lipinski definition) is 0. The average Bonchev–Trinajstić information content (AvgIpc) is 2.88. The van der Waals surface area contributed by atoms with Crippen LogP contribution in [0.4, 0.5) is 0 Å². The molecule has 2 fully saturated rings. The normalized spacial score (nSPS) is 44.1. The van der Waals surface area contributed by atoms with Gasteiger partial charge in [0.05, 0.1) is 12.4 Å². The van der Waals surface area contributed by atoms with Gasteiger partial charge in [0, 0.05) is 18.3 Å². The Bertz CT molecular complexity index is 601. The van der Waals surface area contributed by atoms with Gasteiger partial charge in [0.15, 0.2) is 0 Å². The summed E-state index contributed by atoms with van der Waals surface area (Å²) in [6, 6.07) is 0. The summed E-state index contributed by atoms with van der Waals surface area (Å²) in [4.78, 5) is 12.5. The van der Waals surface area contributed by atoms with Crippen LogP contribution in [-0.2, 0) is 9.53 Å². The SMILES string of the molecule is CCCOC1=CC2=CC[C@@H]3[C@H](CC[C@]4(C)C(=O)CC[C@@H]34)[C@@]2(C)CC1. The van der Waals surface area contributed by atoms with Crippen LogP contribution in [0.5, 0.6) is 0 Å². The predicted octanol–water partition coefficient (Wildman–Crippen LogP) is 5.44. The first kappa shape index (κ1) is 16.4. The zero-order valence-electron chi connectivity index (χ0n) is 15.6. The smallest absolute Gasteiger partial charge is 0.139 e. The largest absolute Gasteiger partial charge is 0.498 e. The highest BCUT2D eigenvalue weighted by molar-refractivity contribution is 5.87. The van der Waals surface area contributed by atoms with Crippen molar-refractivity contribution in [1.29, 1.82) is 0 Å². The van der Waals surface area contributed by atoms with Crippen molar-refractivity contribution >= 4 is 5.78 Å². The van der Waals surface area contributed by atoms with Crippen molar-refractivity contribution in [3.8, 4) is 0 Å². The Kier molecular flexibility index (Phi) is 3.93. The lowest BCUT2D eigenvalue weighted by molar-refractivity contribution is -0.131. The van der Waals surface area contributed by atoms with Gasteiger partial charge in [-0.3, -0.25) is 4.79 Å². The van der Waals surface area contributed by atoms with Gasteiger partial charge in [0.2, 0.25) is 0 Å². The van der Waals surface area contributed by atoms with Crippen LogP contribution in [0.2, 0.25) is 0 Å². The van der Waals surface area contributed by atoms with Crippen LogP contribution < -0.4 is 0 Å². The quantitative estimate of drug-likeness (QED) is 0.689.